The van der Waals surface area contributed by atoms with Crippen molar-refractivity contribution in [1.29, 1.82) is 0 Å². The molecular formula is C24H24N2O3S. The van der Waals surface area contributed by atoms with Gasteiger partial charge in [0.05, 0.1) is 11.5 Å². The average Bonchev–Trinajstić information content (AvgIpc) is 2.77. The molecule has 0 aliphatic carbocycles. The molecule has 154 valence electrons. The molecule has 1 aliphatic rings. The smallest absolute Gasteiger partial charge is 0.246 e. The van der Waals surface area contributed by atoms with Crippen LogP contribution in [0.3, 0.4) is 0 Å². The summed E-state index contributed by atoms with van der Waals surface area (Å²) in [6, 6.07) is 26.8. The fraction of sp³-hybridized carbons (Fsp3) is 0.208. The maximum absolute atomic E-state index is 13.2. The highest BCUT2D eigenvalue weighted by Crippen LogP contribution is 2.26. The van der Waals surface area contributed by atoms with E-state index < -0.39 is 15.9 Å². The fourth-order valence-electron chi connectivity index (χ4n) is 3.74. The first kappa shape index (κ1) is 20.3. The molecule has 1 saturated heterocycles. The summed E-state index contributed by atoms with van der Waals surface area (Å²) in [5.41, 5.74) is 3.77. The van der Waals surface area contributed by atoms with Crippen LogP contribution in [-0.4, -0.2) is 43.8 Å². The predicted molar refractivity (Wildman–Crippen MR) is 120 cm³/mol. The van der Waals surface area contributed by atoms with Crippen LogP contribution < -0.4 is 5.32 Å². The van der Waals surface area contributed by atoms with E-state index in [1.165, 1.54) is 0 Å². The van der Waals surface area contributed by atoms with Gasteiger partial charge in [-0.3, -0.25) is 9.69 Å². The highest BCUT2D eigenvalue weighted by molar-refractivity contribution is 7.91. The van der Waals surface area contributed by atoms with Crippen molar-refractivity contribution in [2.45, 2.75) is 6.04 Å². The summed E-state index contributed by atoms with van der Waals surface area (Å²) in [6.45, 7) is 0.699. The van der Waals surface area contributed by atoms with Gasteiger partial charge in [-0.2, -0.15) is 0 Å². The SMILES string of the molecule is O=C(Nc1ccc(-c2ccccc2)cc1)C(c1ccccc1)N1CCS(=O)(=O)CC1. The number of nitrogens with one attached hydrogen (secondary N) is 1. The Kier molecular flexibility index (Phi) is 5.97. The predicted octanol–water partition coefficient (Wildman–Crippen LogP) is 3.76. The molecule has 1 aliphatic heterocycles. The van der Waals surface area contributed by atoms with Crippen molar-refractivity contribution in [2.75, 3.05) is 29.9 Å². The van der Waals surface area contributed by atoms with E-state index in [-0.39, 0.29) is 17.4 Å². The fourth-order valence-corrected chi connectivity index (χ4v) is 4.96. The zero-order chi connectivity index (χ0) is 21.0. The summed E-state index contributed by atoms with van der Waals surface area (Å²) < 4.78 is 23.7. The van der Waals surface area contributed by atoms with E-state index in [4.69, 9.17) is 0 Å². The Bertz CT molecular complexity index is 1080. The first-order valence-electron chi connectivity index (χ1n) is 9.98. The zero-order valence-corrected chi connectivity index (χ0v) is 17.4. The van der Waals surface area contributed by atoms with Gasteiger partial charge in [-0.05, 0) is 28.8 Å². The minimum Gasteiger partial charge on any atom is -0.324 e. The van der Waals surface area contributed by atoms with E-state index in [1.807, 2.05) is 89.8 Å². The molecule has 0 bridgehead atoms. The Morgan fingerprint density at radius 1 is 0.767 bits per heavy atom. The molecule has 1 atom stereocenters. The van der Waals surface area contributed by atoms with Crippen LogP contribution in [0.1, 0.15) is 11.6 Å². The van der Waals surface area contributed by atoms with E-state index in [2.05, 4.69) is 5.32 Å². The van der Waals surface area contributed by atoms with Gasteiger partial charge in [-0.15, -0.1) is 0 Å². The van der Waals surface area contributed by atoms with E-state index >= 15 is 0 Å². The quantitative estimate of drug-likeness (QED) is 0.682. The van der Waals surface area contributed by atoms with Crippen LogP contribution in [0, 0.1) is 0 Å². The van der Waals surface area contributed by atoms with Crippen LogP contribution in [0.15, 0.2) is 84.9 Å². The lowest BCUT2D eigenvalue weighted by Crippen LogP contribution is -2.46. The van der Waals surface area contributed by atoms with Crippen LogP contribution in [-0.2, 0) is 14.6 Å². The van der Waals surface area contributed by atoms with Crippen molar-refractivity contribution in [2.24, 2.45) is 0 Å². The minimum atomic E-state index is -3.02. The van der Waals surface area contributed by atoms with Crippen LogP contribution in [0.4, 0.5) is 5.69 Å². The summed E-state index contributed by atoms with van der Waals surface area (Å²) in [7, 11) is -3.02. The molecule has 1 unspecified atom stereocenters. The molecule has 0 saturated carbocycles. The number of amides is 1. The molecule has 0 aromatic heterocycles. The number of benzene rings is 3. The van der Waals surface area contributed by atoms with Gasteiger partial charge >= 0.3 is 0 Å². The Hall–Kier alpha value is -2.96. The van der Waals surface area contributed by atoms with Gasteiger partial charge in [0.2, 0.25) is 5.91 Å². The van der Waals surface area contributed by atoms with E-state index in [0.29, 0.717) is 18.8 Å². The first-order chi connectivity index (χ1) is 14.5. The molecular weight excluding hydrogens is 396 g/mol. The highest BCUT2D eigenvalue weighted by Gasteiger charge is 2.32. The zero-order valence-electron chi connectivity index (χ0n) is 16.6. The molecule has 1 N–H and O–H groups in total. The minimum absolute atomic E-state index is 0.0788. The number of hydrogen-bond donors (Lipinski definition) is 1. The summed E-state index contributed by atoms with van der Waals surface area (Å²) in [5, 5.41) is 3.01. The molecule has 4 rings (SSSR count). The van der Waals surface area contributed by atoms with Crippen molar-refractivity contribution in [3.8, 4) is 11.1 Å². The number of hydrogen-bond acceptors (Lipinski definition) is 4. The number of nitrogens with zero attached hydrogens (tertiary/aromatic N) is 1. The molecule has 0 spiro atoms. The van der Waals surface area contributed by atoms with Crippen LogP contribution in [0.5, 0.6) is 0 Å². The summed E-state index contributed by atoms with van der Waals surface area (Å²) in [4.78, 5) is 15.2. The summed E-state index contributed by atoms with van der Waals surface area (Å²) >= 11 is 0. The van der Waals surface area contributed by atoms with Gasteiger partial charge in [-0.25, -0.2) is 8.42 Å². The second-order valence-corrected chi connectivity index (χ2v) is 9.74. The van der Waals surface area contributed by atoms with Gasteiger partial charge in [0.25, 0.3) is 0 Å². The van der Waals surface area contributed by atoms with Crippen molar-refractivity contribution >= 4 is 21.4 Å². The molecule has 3 aromatic rings. The van der Waals surface area contributed by atoms with Crippen LogP contribution >= 0.6 is 0 Å². The Morgan fingerprint density at radius 2 is 1.30 bits per heavy atom. The number of anilines is 1. The second-order valence-electron chi connectivity index (χ2n) is 7.43. The lowest BCUT2D eigenvalue weighted by molar-refractivity contribution is -0.121. The van der Waals surface area contributed by atoms with Crippen molar-refractivity contribution in [1.82, 2.24) is 4.90 Å². The largest absolute Gasteiger partial charge is 0.324 e. The van der Waals surface area contributed by atoms with Crippen LogP contribution in [0.25, 0.3) is 11.1 Å². The molecule has 3 aromatic carbocycles. The number of rotatable bonds is 5. The van der Waals surface area contributed by atoms with Gasteiger partial charge in [0.1, 0.15) is 6.04 Å². The lowest BCUT2D eigenvalue weighted by atomic mass is 10.0. The molecule has 5 nitrogen and oxygen atoms in total. The third kappa shape index (κ3) is 4.78. The monoisotopic (exact) mass is 420 g/mol. The lowest BCUT2D eigenvalue weighted by Gasteiger charge is -2.33. The molecule has 1 fully saturated rings. The number of sulfone groups is 1. The summed E-state index contributed by atoms with van der Waals surface area (Å²) in [6.07, 6.45) is 0. The first-order valence-corrected chi connectivity index (χ1v) is 11.8. The topological polar surface area (TPSA) is 66.5 Å². The summed E-state index contributed by atoms with van der Waals surface area (Å²) in [5.74, 6) is -0.00178. The van der Waals surface area contributed by atoms with Gasteiger partial charge in [0, 0.05) is 18.8 Å². The number of carbonyl (C=O) groups is 1. The Labute approximate surface area is 177 Å². The van der Waals surface area contributed by atoms with E-state index in [9.17, 15) is 13.2 Å². The highest BCUT2D eigenvalue weighted by atomic mass is 32.2. The molecule has 30 heavy (non-hydrogen) atoms. The normalized spacial score (nSPS) is 17.2. The molecule has 1 amide bonds. The van der Waals surface area contributed by atoms with Gasteiger partial charge in [0.15, 0.2) is 9.84 Å². The van der Waals surface area contributed by atoms with Gasteiger partial charge in [-0.1, -0.05) is 72.8 Å². The van der Waals surface area contributed by atoms with Crippen molar-refractivity contribution in [3.05, 3.63) is 90.5 Å². The maximum Gasteiger partial charge on any atom is 0.246 e. The molecule has 6 heteroatoms. The van der Waals surface area contributed by atoms with Crippen molar-refractivity contribution in [3.63, 3.8) is 0 Å². The van der Waals surface area contributed by atoms with Crippen LogP contribution in [0.2, 0.25) is 0 Å². The third-order valence-corrected chi connectivity index (χ3v) is 6.98. The third-order valence-electron chi connectivity index (χ3n) is 5.37. The average molecular weight is 421 g/mol. The standard InChI is InChI=1S/C24H24N2O3S/c27-24(25-22-13-11-20(12-14-22)19-7-3-1-4-8-19)23(21-9-5-2-6-10-21)26-15-17-30(28,29)18-16-26/h1-14,23H,15-18H2,(H,25,27). The van der Waals surface area contributed by atoms with Crippen molar-refractivity contribution < 1.29 is 13.2 Å². The second kappa shape index (κ2) is 8.81. The Balaban J connectivity index is 1.53. The number of carbonyl (C=O) groups excluding carboxylic acids is 1. The maximum atomic E-state index is 13.2. The molecule has 0 radical (unpaired) electrons. The van der Waals surface area contributed by atoms with Gasteiger partial charge < -0.3 is 5.32 Å². The van der Waals surface area contributed by atoms with E-state index in [1.54, 1.807) is 0 Å². The Morgan fingerprint density at radius 3 is 1.90 bits per heavy atom. The molecule has 1 heterocycles. The van der Waals surface area contributed by atoms with E-state index in [0.717, 1.165) is 16.7 Å².